The summed E-state index contributed by atoms with van der Waals surface area (Å²) < 4.78 is 16.6. The van der Waals surface area contributed by atoms with E-state index in [-0.39, 0.29) is 5.97 Å². The van der Waals surface area contributed by atoms with Crippen molar-refractivity contribution in [3.05, 3.63) is 35.9 Å². The summed E-state index contributed by atoms with van der Waals surface area (Å²) in [5, 5.41) is 0. The third kappa shape index (κ3) is 2.66. The second-order valence-corrected chi connectivity index (χ2v) is 9.99. The molecule has 1 aromatic carbocycles. The third-order valence-corrected chi connectivity index (χ3v) is 9.00. The molecule has 0 bridgehead atoms. The van der Waals surface area contributed by atoms with Crippen molar-refractivity contribution < 1.29 is 18.7 Å². The number of benzene rings is 1. The molecule has 0 spiro atoms. The predicted octanol–water partition coefficient (Wildman–Crippen LogP) is 2.15. The SMILES string of the molecule is C[Si](OC(=O)Cc1ccccc1)(C1COC1)C1COC1. The molecule has 108 valence electrons. The average molecular weight is 292 g/mol. The van der Waals surface area contributed by atoms with E-state index in [1.165, 1.54) is 0 Å². The smallest absolute Gasteiger partial charge is 0.296 e. The summed E-state index contributed by atoms with van der Waals surface area (Å²) in [7, 11) is -2.10. The van der Waals surface area contributed by atoms with Crippen LogP contribution in [0.1, 0.15) is 5.56 Å². The van der Waals surface area contributed by atoms with Gasteiger partial charge >= 0.3 is 0 Å². The fraction of sp³-hybridized carbons (Fsp3) is 0.533. The van der Waals surface area contributed by atoms with Crippen molar-refractivity contribution in [3.8, 4) is 0 Å². The van der Waals surface area contributed by atoms with Gasteiger partial charge in [-0.1, -0.05) is 30.3 Å². The number of hydrogen-bond acceptors (Lipinski definition) is 4. The molecule has 2 heterocycles. The lowest BCUT2D eigenvalue weighted by atomic mass is 10.2. The van der Waals surface area contributed by atoms with E-state index in [4.69, 9.17) is 13.9 Å². The van der Waals surface area contributed by atoms with Crippen molar-refractivity contribution in [1.82, 2.24) is 0 Å². The first-order valence-electron chi connectivity index (χ1n) is 7.10. The molecule has 3 rings (SSSR count). The Morgan fingerprint density at radius 2 is 1.70 bits per heavy atom. The molecule has 0 atom stereocenters. The molecule has 2 aliphatic heterocycles. The first-order chi connectivity index (χ1) is 9.68. The average Bonchev–Trinajstić information content (AvgIpc) is 2.23. The van der Waals surface area contributed by atoms with E-state index < -0.39 is 8.32 Å². The van der Waals surface area contributed by atoms with Gasteiger partial charge in [0.05, 0.1) is 32.8 Å². The number of hydrogen-bond donors (Lipinski definition) is 0. The maximum Gasteiger partial charge on any atom is 0.296 e. The second-order valence-electron chi connectivity index (χ2n) is 5.79. The molecular weight excluding hydrogens is 272 g/mol. The lowest BCUT2D eigenvalue weighted by molar-refractivity contribution is -0.135. The van der Waals surface area contributed by atoms with Gasteiger partial charge in [0, 0.05) is 11.1 Å². The molecule has 0 aromatic heterocycles. The summed E-state index contributed by atoms with van der Waals surface area (Å²) >= 11 is 0. The molecule has 0 unspecified atom stereocenters. The minimum absolute atomic E-state index is 0.107. The predicted molar refractivity (Wildman–Crippen MR) is 77.0 cm³/mol. The van der Waals surface area contributed by atoms with Gasteiger partial charge in [-0.15, -0.1) is 0 Å². The van der Waals surface area contributed by atoms with Crippen LogP contribution in [0.5, 0.6) is 0 Å². The quantitative estimate of drug-likeness (QED) is 0.780. The Bertz CT molecular complexity index is 454. The molecule has 1 aromatic rings. The lowest BCUT2D eigenvalue weighted by Gasteiger charge is -2.47. The van der Waals surface area contributed by atoms with Crippen molar-refractivity contribution in [2.75, 3.05) is 26.4 Å². The van der Waals surface area contributed by atoms with E-state index in [0.717, 1.165) is 32.0 Å². The van der Waals surface area contributed by atoms with E-state index in [1.807, 2.05) is 30.3 Å². The van der Waals surface area contributed by atoms with Gasteiger partial charge in [0.25, 0.3) is 14.3 Å². The maximum absolute atomic E-state index is 12.2. The van der Waals surface area contributed by atoms with Crippen molar-refractivity contribution in [3.63, 3.8) is 0 Å². The molecule has 0 radical (unpaired) electrons. The second kappa shape index (κ2) is 5.67. The van der Waals surface area contributed by atoms with Crippen LogP contribution < -0.4 is 0 Å². The summed E-state index contributed by atoms with van der Waals surface area (Å²) in [6.45, 7) is 5.10. The molecule has 2 fully saturated rings. The first kappa shape index (κ1) is 13.8. The maximum atomic E-state index is 12.2. The van der Waals surface area contributed by atoms with Crippen molar-refractivity contribution in [2.24, 2.45) is 0 Å². The summed E-state index contributed by atoms with van der Waals surface area (Å²) in [4.78, 5) is 12.2. The van der Waals surface area contributed by atoms with Gasteiger partial charge in [-0.05, 0) is 12.1 Å². The number of carbonyl (C=O) groups is 1. The van der Waals surface area contributed by atoms with Gasteiger partial charge in [0.1, 0.15) is 0 Å². The van der Waals surface area contributed by atoms with Crippen LogP contribution in [0.15, 0.2) is 30.3 Å². The Labute approximate surface area is 120 Å². The van der Waals surface area contributed by atoms with Crippen LogP contribution >= 0.6 is 0 Å². The molecule has 5 heteroatoms. The van der Waals surface area contributed by atoms with Gasteiger partial charge in [0.15, 0.2) is 0 Å². The van der Waals surface area contributed by atoms with Gasteiger partial charge in [-0.2, -0.15) is 0 Å². The van der Waals surface area contributed by atoms with E-state index >= 15 is 0 Å². The van der Waals surface area contributed by atoms with Crippen molar-refractivity contribution >= 4 is 14.3 Å². The van der Waals surface area contributed by atoms with E-state index in [1.54, 1.807) is 0 Å². The van der Waals surface area contributed by atoms with Gasteiger partial charge in [-0.25, -0.2) is 0 Å². The normalized spacial score (nSPS) is 20.1. The van der Waals surface area contributed by atoms with E-state index in [9.17, 15) is 4.79 Å². The molecule has 2 saturated heterocycles. The van der Waals surface area contributed by atoms with E-state index in [2.05, 4.69) is 6.55 Å². The van der Waals surface area contributed by atoms with E-state index in [0.29, 0.717) is 17.5 Å². The van der Waals surface area contributed by atoms with Crippen LogP contribution in [0, 0.1) is 0 Å². The number of rotatable bonds is 5. The zero-order valence-electron chi connectivity index (χ0n) is 11.7. The van der Waals surface area contributed by atoms with Crippen LogP contribution in [-0.2, 0) is 25.1 Å². The Kier molecular flexibility index (Phi) is 3.91. The fourth-order valence-electron chi connectivity index (χ4n) is 2.68. The minimum atomic E-state index is -2.10. The first-order valence-corrected chi connectivity index (χ1v) is 9.66. The molecule has 0 N–H and O–H groups in total. The Balaban J connectivity index is 1.65. The largest absolute Gasteiger partial charge is 0.518 e. The molecule has 2 aliphatic rings. The van der Waals surface area contributed by atoms with Crippen LogP contribution in [0.4, 0.5) is 0 Å². The molecule has 20 heavy (non-hydrogen) atoms. The van der Waals surface area contributed by atoms with Crippen molar-refractivity contribution in [1.29, 1.82) is 0 Å². The van der Waals surface area contributed by atoms with Crippen LogP contribution in [0.2, 0.25) is 17.6 Å². The molecule has 0 saturated carbocycles. The summed E-state index contributed by atoms with van der Waals surface area (Å²) in [5.41, 5.74) is 1.86. The zero-order valence-corrected chi connectivity index (χ0v) is 12.7. The molecule has 4 nitrogen and oxygen atoms in total. The third-order valence-electron chi connectivity index (χ3n) is 4.42. The highest BCUT2D eigenvalue weighted by Gasteiger charge is 2.54. The lowest BCUT2D eigenvalue weighted by Crippen LogP contribution is -2.58. The number of carbonyl (C=O) groups excluding carboxylic acids is 1. The van der Waals surface area contributed by atoms with Crippen LogP contribution in [0.25, 0.3) is 0 Å². The molecule has 0 amide bonds. The van der Waals surface area contributed by atoms with Crippen LogP contribution in [-0.4, -0.2) is 40.7 Å². The summed E-state index contributed by atoms with van der Waals surface area (Å²) in [6.07, 6.45) is 0.352. The van der Waals surface area contributed by atoms with Crippen molar-refractivity contribution in [2.45, 2.75) is 24.1 Å². The Morgan fingerprint density at radius 1 is 1.15 bits per heavy atom. The fourth-order valence-corrected chi connectivity index (χ4v) is 6.04. The Hall–Kier alpha value is -1.17. The topological polar surface area (TPSA) is 44.8 Å². The minimum Gasteiger partial charge on any atom is -0.518 e. The number of ether oxygens (including phenoxy) is 2. The van der Waals surface area contributed by atoms with Gasteiger partial charge in [0.2, 0.25) is 0 Å². The zero-order chi connectivity index (χ0) is 14.0. The molecular formula is C15H20O4Si. The Morgan fingerprint density at radius 3 is 2.15 bits per heavy atom. The highest BCUT2D eigenvalue weighted by molar-refractivity contribution is 6.77. The van der Waals surface area contributed by atoms with Gasteiger partial charge < -0.3 is 13.9 Å². The van der Waals surface area contributed by atoms with Crippen LogP contribution in [0.3, 0.4) is 0 Å². The summed E-state index contributed by atoms with van der Waals surface area (Å²) in [5.74, 6) is -0.107. The molecule has 0 aliphatic carbocycles. The highest BCUT2D eigenvalue weighted by atomic mass is 28.4. The van der Waals surface area contributed by atoms with Gasteiger partial charge in [-0.3, -0.25) is 4.79 Å². The standard InChI is InChI=1S/C15H20O4Si/c1-20(13-8-17-9-13,14-10-18-11-14)19-15(16)7-12-5-3-2-4-6-12/h2-6,13-14H,7-11H2,1H3. The highest BCUT2D eigenvalue weighted by Crippen LogP contribution is 2.42. The summed E-state index contributed by atoms with van der Waals surface area (Å²) in [6, 6.07) is 9.75. The monoisotopic (exact) mass is 292 g/mol.